The lowest BCUT2D eigenvalue weighted by Crippen LogP contribution is -2.50. The molecule has 0 radical (unpaired) electrons. The van der Waals surface area contributed by atoms with Gasteiger partial charge >= 0.3 is 10.3 Å². The Hall–Kier alpha value is -2.37. The summed E-state index contributed by atoms with van der Waals surface area (Å²) in [6.07, 6.45) is 7.27. The minimum absolute atomic E-state index is 0.0232. The number of nitrogens with two attached hydrogens (primary N) is 1. The summed E-state index contributed by atoms with van der Waals surface area (Å²) in [5, 5.41) is 8.54. The van der Waals surface area contributed by atoms with Crippen LogP contribution in [0.3, 0.4) is 0 Å². The first kappa shape index (κ1) is 26.7. The summed E-state index contributed by atoms with van der Waals surface area (Å²) in [5.41, 5.74) is 4.33. The SMILES string of the molecule is CCc1cccc(Cc2cc(C(=O)C3=CN=CN(C)C3N[C@H]3CC[C@@H](COS(N)(=O)=O)C3)sc2C)c1. The smallest absolute Gasteiger partial charge is 0.333 e. The summed E-state index contributed by atoms with van der Waals surface area (Å²) in [5.74, 6) is 0.0743. The number of rotatable bonds is 10. The molecule has 3 atom stereocenters. The van der Waals surface area contributed by atoms with Crippen LogP contribution >= 0.6 is 11.3 Å². The first-order valence-electron chi connectivity index (χ1n) is 12.2. The van der Waals surface area contributed by atoms with Gasteiger partial charge in [-0.05, 0) is 67.7 Å². The number of likely N-dealkylation sites (N-methyl/N-ethyl adjacent to an activating group) is 1. The Morgan fingerprint density at radius 1 is 1.28 bits per heavy atom. The summed E-state index contributed by atoms with van der Waals surface area (Å²) >= 11 is 1.53. The number of carbonyl (C=O) groups excluding carboxylic acids is 1. The number of aryl methyl sites for hydroxylation is 2. The highest BCUT2D eigenvalue weighted by Crippen LogP contribution is 2.30. The fraction of sp³-hybridized carbons (Fsp3) is 0.462. The maximum atomic E-state index is 13.6. The molecule has 1 saturated carbocycles. The van der Waals surface area contributed by atoms with Crippen LogP contribution in [-0.2, 0) is 27.3 Å². The number of ketones is 1. The van der Waals surface area contributed by atoms with E-state index in [-0.39, 0.29) is 30.5 Å². The molecule has 1 aliphatic heterocycles. The van der Waals surface area contributed by atoms with E-state index in [9.17, 15) is 13.2 Å². The quantitative estimate of drug-likeness (QED) is 0.454. The molecule has 1 aromatic carbocycles. The van der Waals surface area contributed by atoms with Crippen LogP contribution < -0.4 is 10.5 Å². The minimum Gasteiger partial charge on any atom is -0.346 e. The molecule has 0 spiro atoms. The van der Waals surface area contributed by atoms with Crippen molar-refractivity contribution >= 4 is 33.8 Å². The van der Waals surface area contributed by atoms with Crippen LogP contribution in [0.2, 0.25) is 0 Å². The van der Waals surface area contributed by atoms with E-state index in [0.717, 1.165) is 37.0 Å². The van der Waals surface area contributed by atoms with Gasteiger partial charge in [-0.2, -0.15) is 8.42 Å². The van der Waals surface area contributed by atoms with Gasteiger partial charge < -0.3 is 4.90 Å². The molecule has 1 aliphatic carbocycles. The second-order valence-corrected chi connectivity index (χ2v) is 12.1. The van der Waals surface area contributed by atoms with Gasteiger partial charge in [0, 0.05) is 24.2 Å². The van der Waals surface area contributed by atoms with E-state index >= 15 is 0 Å². The first-order valence-corrected chi connectivity index (χ1v) is 14.5. The van der Waals surface area contributed by atoms with E-state index in [1.807, 2.05) is 18.0 Å². The van der Waals surface area contributed by atoms with Gasteiger partial charge in [0.1, 0.15) is 6.17 Å². The van der Waals surface area contributed by atoms with E-state index in [2.05, 4.69) is 48.4 Å². The average molecular weight is 531 g/mol. The summed E-state index contributed by atoms with van der Waals surface area (Å²) in [7, 11) is -2.05. The Bertz CT molecular complexity index is 1270. The summed E-state index contributed by atoms with van der Waals surface area (Å²) < 4.78 is 27.0. The van der Waals surface area contributed by atoms with Gasteiger partial charge in [-0.1, -0.05) is 31.2 Å². The highest BCUT2D eigenvalue weighted by molar-refractivity contribution is 7.84. The van der Waals surface area contributed by atoms with Gasteiger partial charge in [-0.3, -0.25) is 14.3 Å². The van der Waals surface area contributed by atoms with E-state index in [0.29, 0.717) is 10.5 Å². The summed E-state index contributed by atoms with van der Waals surface area (Å²) in [6.45, 7) is 4.30. The van der Waals surface area contributed by atoms with Crippen molar-refractivity contribution in [2.75, 3.05) is 13.7 Å². The monoisotopic (exact) mass is 530 g/mol. The molecule has 1 fully saturated rings. The number of Topliss-reactive ketones (excluding diaryl/α,β-unsaturated/α-hetero) is 1. The third-order valence-corrected chi connectivity index (χ3v) is 8.42. The fourth-order valence-corrected chi connectivity index (χ4v) is 6.27. The van der Waals surface area contributed by atoms with Crippen molar-refractivity contribution in [1.82, 2.24) is 10.2 Å². The number of benzene rings is 1. The van der Waals surface area contributed by atoms with Crippen molar-refractivity contribution in [3.63, 3.8) is 0 Å². The largest absolute Gasteiger partial charge is 0.346 e. The van der Waals surface area contributed by atoms with Crippen LogP contribution in [0.4, 0.5) is 0 Å². The predicted molar refractivity (Wildman–Crippen MR) is 143 cm³/mol. The molecule has 2 aliphatic rings. The number of nitrogens with one attached hydrogen (secondary N) is 1. The van der Waals surface area contributed by atoms with Gasteiger partial charge in [0.25, 0.3) is 0 Å². The predicted octanol–water partition coefficient (Wildman–Crippen LogP) is 3.55. The number of hydrogen-bond donors (Lipinski definition) is 2. The molecule has 10 heteroatoms. The molecule has 0 bridgehead atoms. The van der Waals surface area contributed by atoms with E-state index in [4.69, 9.17) is 9.32 Å². The number of thiophene rings is 1. The first-order chi connectivity index (χ1) is 17.1. The van der Waals surface area contributed by atoms with Crippen molar-refractivity contribution in [3.8, 4) is 0 Å². The number of nitrogens with zero attached hydrogens (tertiary/aromatic N) is 2. The second kappa shape index (κ2) is 11.4. The Kier molecular flexibility index (Phi) is 8.41. The molecule has 36 heavy (non-hydrogen) atoms. The maximum absolute atomic E-state index is 13.6. The van der Waals surface area contributed by atoms with Crippen molar-refractivity contribution in [1.29, 1.82) is 0 Å². The lowest BCUT2D eigenvalue weighted by atomic mass is 10.0. The molecule has 2 aromatic rings. The van der Waals surface area contributed by atoms with Crippen LogP contribution in [0.1, 0.15) is 57.4 Å². The molecular weight excluding hydrogens is 496 g/mol. The Morgan fingerprint density at radius 3 is 2.81 bits per heavy atom. The van der Waals surface area contributed by atoms with Gasteiger partial charge in [-0.15, -0.1) is 11.3 Å². The van der Waals surface area contributed by atoms with Gasteiger partial charge in [0.2, 0.25) is 5.78 Å². The average Bonchev–Trinajstić information content (AvgIpc) is 3.44. The van der Waals surface area contributed by atoms with Crippen molar-refractivity contribution in [2.45, 2.75) is 58.2 Å². The Balaban J connectivity index is 1.45. The molecule has 4 rings (SSSR count). The van der Waals surface area contributed by atoms with Gasteiger partial charge in [0.05, 0.1) is 23.4 Å². The third kappa shape index (κ3) is 6.68. The normalized spacial score (nSPS) is 22.2. The third-order valence-electron chi connectivity index (χ3n) is 6.87. The zero-order chi connectivity index (χ0) is 25.9. The molecular formula is C26H34N4O4S2. The topological polar surface area (TPSA) is 114 Å². The second-order valence-electron chi connectivity index (χ2n) is 9.61. The standard InChI is InChI=1S/C26H34N4O4S2/c1-4-18-6-5-7-19(10-18)11-21-13-24(35-17(21)2)25(31)23-14-28-16-30(3)26(23)29-22-9-8-20(12-22)15-34-36(27,32)33/h5-7,10,13-14,16,20,22,26,29H,4,8-9,11-12,15H2,1-3H3,(H2,27,32,33)/t20-,22+,26?/m1/s1. The highest BCUT2D eigenvalue weighted by atomic mass is 32.2. The molecule has 3 N–H and O–H groups in total. The van der Waals surface area contributed by atoms with Crippen molar-refractivity contribution in [3.05, 3.63) is 68.5 Å². The van der Waals surface area contributed by atoms with Crippen LogP contribution in [-0.4, -0.2) is 51.3 Å². The van der Waals surface area contributed by atoms with E-state index in [1.54, 1.807) is 12.5 Å². The molecule has 1 unspecified atom stereocenters. The minimum atomic E-state index is -3.94. The molecule has 1 aromatic heterocycles. The Labute approximate surface area is 217 Å². The molecule has 8 nitrogen and oxygen atoms in total. The lowest BCUT2D eigenvalue weighted by molar-refractivity contribution is 0.101. The van der Waals surface area contributed by atoms with Crippen LogP contribution in [0, 0.1) is 12.8 Å². The lowest BCUT2D eigenvalue weighted by Gasteiger charge is -2.33. The summed E-state index contributed by atoms with van der Waals surface area (Å²) in [6, 6.07) is 10.7. The number of hydrogen-bond acceptors (Lipinski definition) is 8. The van der Waals surface area contributed by atoms with Crippen molar-refractivity contribution < 1.29 is 17.4 Å². The maximum Gasteiger partial charge on any atom is 0.333 e. The summed E-state index contributed by atoms with van der Waals surface area (Å²) in [4.78, 5) is 21.7. The van der Waals surface area contributed by atoms with E-state index in [1.165, 1.54) is 28.0 Å². The zero-order valence-corrected chi connectivity index (χ0v) is 22.6. The van der Waals surface area contributed by atoms with Crippen molar-refractivity contribution in [2.24, 2.45) is 16.0 Å². The van der Waals surface area contributed by atoms with Gasteiger partial charge in [0.15, 0.2) is 0 Å². The molecule has 0 amide bonds. The van der Waals surface area contributed by atoms with Gasteiger partial charge in [-0.25, -0.2) is 10.1 Å². The number of aliphatic imine (C=N–C) groups is 1. The molecule has 2 heterocycles. The Morgan fingerprint density at radius 2 is 2.06 bits per heavy atom. The number of carbonyl (C=O) groups is 1. The van der Waals surface area contributed by atoms with Crippen LogP contribution in [0.25, 0.3) is 0 Å². The fourth-order valence-electron chi connectivity index (χ4n) is 4.89. The zero-order valence-electron chi connectivity index (χ0n) is 20.9. The highest BCUT2D eigenvalue weighted by Gasteiger charge is 2.33. The van der Waals surface area contributed by atoms with Crippen LogP contribution in [0.5, 0.6) is 0 Å². The molecule has 194 valence electrons. The van der Waals surface area contributed by atoms with E-state index < -0.39 is 10.3 Å². The molecule has 0 saturated heterocycles. The van der Waals surface area contributed by atoms with Crippen LogP contribution in [0.15, 0.2) is 47.1 Å².